The summed E-state index contributed by atoms with van der Waals surface area (Å²) in [5.41, 5.74) is 5.61. The minimum atomic E-state index is 0.398. The molecule has 1 heterocycles. The van der Waals surface area contributed by atoms with Gasteiger partial charge in [0.2, 0.25) is 0 Å². The van der Waals surface area contributed by atoms with Gasteiger partial charge in [-0.15, -0.1) is 0 Å². The van der Waals surface area contributed by atoms with E-state index in [1.165, 1.54) is 0 Å². The lowest BCUT2D eigenvalue weighted by Crippen LogP contribution is -2.43. The summed E-state index contributed by atoms with van der Waals surface area (Å²) in [6.07, 6.45) is 2.10. The average molecular weight is 145 g/mol. The molecule has 0 aromatic carbocycles. The van der Waals surface area contributed by atoms with Crippen LogP contribution in [0.1, 0.15) is 26.7 Å². The lowest BCUT2D eigenvalue weighted by atomic mass is 10.1. The zero-order valence-corrected chi connectivity index (χ0v) is 7.01. The van der Waals surface area contributed by atoms with E-state index >= 15 is 0 Å². The van der Waals surface area contributed by atoms with Gasteiger partial charge >= 0.3 is 0 Å². The summed E-state index contributed by atoms with van der Waals surface area (Å²) in [7, 11) is 0. The van der Waals surface area contributed by atoms with Crippen molar-refractivity contribution in [1.82, 2.24) is 5.01 Å². The van der Waals surface area contributed by atoms with E-state index in [0.29, 0.717) is 6.04 Å². The van der Waals surface area contributed by atoms with Gasteiger partial charge in [-0.1, -0.05) is 13.8 Å². The molecule has 1 rings (SSSR count). The maximum atomic E-state index is 5.61. The summed E-state index contributed by atoms with van der Waals surface area (Å²) in [6, 6.07) is 0.398. The van der Waals surface area contributed by atoms with E-state index in [4.69, 9.17) is 11.6 Å². The van der Waals surface area contributed by atoms with Crippen LogP contribution in [0.5, 0.6) is 0 Å². The van der Waals surface area contributed by atoms with Gasteiger partial charge in [-0.25, -0.2) is 5.01 Å². The molecule has 0 aliphatic carbocycles. The molecule has 0 spiro atoms. The predicted molar refractivity (Wildman–Crippen MR) is 44.3 cm³/mol. The molecule has 0 atom stereocenters. The summed E-state index contributed by atoms with van der Waals surface area (Å²) in [6.45, 7) is 5.92. The predicted octanol–water partition coefficient (Wildman–Crippen LogP) is 0.309. The normalized spacial score (nSPS) is 21.6. The first kappa shape index (κ1) is 9.88. The van der Waals surface area contributed by atoms with Crippen molar-refractivity contribution < 1.29 is 0 Å². The highest BCUT2D eigenvalue weighted by Gasteiger charge is 2.11. The van der Waals surface area contributed by atoms with Crippen molar-refractivity contribution in [2.45, 2.75) is 32.7 Å². The third kappa shape index (κ3) is 3.82. The van der Waals surface area contributed by atoms with Crippen LogP contribution >= 0.6 is 0 Å². The van der Waals surface area contributed by atoms with Crippen LogP contribution in [0.4, 0.5) is 0 Å². The SMILES string of the molecule is CC.NC1CCN(N)CC1. The molecule has 0 radical (unpaired) electrons. The van der Waals surface area contributed by atoms with Crippen LogP contribution in [0.2, 0.25) is 0 Å². The van der Waals surface area contributed by atoms with E-state index in [-0.39, 0.29) is 0 Å². The van der Waals surface area contributed by atoms with Gasteiger partial charge in [-0.2, -0.15) is 0 Å². The van der Waals surface area contributed by atoms with E-state index in [1.807, 2.05) is 18.9 Å². The summed E-state index contributed by atoms with van der Waals surface area (Å²) >= 11 is 0. The summed E-state index contributed by atoms with van der Waals surface area (Å²) < 4.78 is 0. The van der Waals surface area contributed by atoms with Crippen LogP contribution in [-0.4, -0.2) is 24.1 Å². The Labute approximate surface area is 63.3 Å². The third-order valence-electron chi connectivity index (χ3n) is 1.57. The molecule has 3 nitrogen and oxygen atoms in total. The molecule has 0 bridgehead atoms. The van der Waals surface area contributed by atoms with E-state index in [1.54, 1.807) is 0 Å². The second kappa shape index (κ2) is 5.65. The number of rotatable bonds is 0. The van der Waals surface area contributed by atoms with Crippen LogP contribution in [-0.2, 0) is 0 Å². The Morgan fingerprint density at radius 1 is 1.20 bits per heavy atom. The number of piperidine rings is 1. The number of hydrazine groups is 1. The van der Waals surface area contributed by atoms with Gasteiger partial charge in [-0.3, -0.25) is 5.84 Å². The Morgan fingerprint density at radius 3 is 1.90 bits per heavy atom. The van der Waals surface area contributed by atoms with Gasteiger partial charge in [0.05, 0.1) is 0 Å². The highest BCUT2D eigenvalue weighted by Crippen LogP contribution is 2.02. The molecule has 3 heteroatoms. The molecule has 10 heavy (non-hydrogen) atoms. The lowest BCUT2D eigenvalue weighted by Gasteiger charge is -2.25. The van der Waals surface area contributed by atoms with E-state index in [0.717, 1.165) is 25.9 Å². The van der Waals surface area contributed by atoms with Crippen molar-refractivity contribution in [1.29, 1.82) is 0 Å². The standard InChI is InChI=1S/C5H13N3.C2H6/c6-5-1-3-8(7)4-2-5;1-2/h5H,1-4,6-7H2;1-2H3. The van der Waals surface area contributed by atoms with Crippen molar-refractivity contribution in [3.63, 3.8) is 0 Å². The van der Waals surface area contributed by atoms with Crippen molar-refractivity contribution in [2.24, 2.45) is 11.6 Å². The van der Waals surface area contributed by atoms with Crippen molar-refractivity contribution in [2.75, 3.05) is 13.1 Å². The smallest absolute Gasteiger partial charge is 0.0143 e. The van der Waals surface area contributed by atoms with Crippen LogP contribution in [0.15, 0.2) is 0 Å². The topological polar surface area (TPSA) is 55.3 Å². The van der Waals surface area contributed by atoms with Gasteiger partial charge in [-0.05, 0) is 12.8 Å². The maximum Gasteiger partial charge on any atom is 0.0143 e. The molecule has 0 aromatic heterocycles. The first-order valence-corrected chi connectivity index (χ1v) is 4.04. The number of hydrogen-bond donors (Lipinski definition) is 2. The first-order valence-electron chi connectivity index (χ1n) is 4.04. The zero-order valence-electron chi connectivity index (χ0n) is 7.01. The molecule has 0 amide bonds. The molecule has 1 aliphatic rings. The minimum Gasteiger partial charge on any atom is -0.328 e. The van der Waals surface area contributed by atoms with E-state index < -0.39 is 0 Å². The highest BCUT2D eigenvalue weighted by atomic mass is 15.4. The second-order valence-corrected chi connectivity index (χ2v) is 2.37. The molecule has 4 N–H and O–H groups in total. The molecular formula is C7H19N3. The van der Waals surface area contributed by atoms with Gasteiger partial charge in [0.15, 0.2) is 0 Å². The number of hydrogen-bond acceptors (Lipinski definition) is 3. The van der Waals surface area contributed by atoms with Crippen molar-refractivity contribution >= 4 is 0 Å². The van der Waals surface area contributed by atoms with Crippen LogP contribution in [0, 0.1) is 0 Å². The van der Waals surface area contributed by atoms with Gasteiger partial charge in [0.1, 0.15) is 0 Å². The summed E-state index contributed by atoms with van der Waals surface area (Å²) in [4.78, 5) is 0. The Kier molecular flexibility index (Phi) is 5.58. The zero-order chi connectivity index (χ0) is 7.98. The van der Waals surface area contributed by atoms with Gasteiger partial charge in [0, 0.05) is 19.1 Å². The third-order valence-corrected chi connectivity index (χ3v) is 1.57. The molecular weight excluding hydrogens is 126 g/mol. The fourth-order valence-corrected chi connectivity index (χ4v) is 0.919. The molecule has 1 fully saturated rings. The van der Waals surface area contributed by atoms with Crippen LogP contribution in [0.3, 0.4) is 0 Å². The summed E-state index contributed by atoms with van der Waals surface area (Å²) in [5.74, 6) is 5.47. The van der Waals surface area contributed by atoms with Crippen LogP contribution < -0.4 is 11.6 Å². The Hall–Kier alpha value is -0.120. The molecule has 0 saturated carbocycles. The lowest BCUT2D eigenvalue weighted by molar-refractivity contribution is 0.218. The van der Waals surface area contributed by atoms with Crippen molar-refractivity contribution in [3.05, 3.63) is 0 Å². The molecule has 0 aromatic rings. The fraction of sp³-hybridized carbons (Fsp3) is 1.00. The van der Waals surface area contributed by atoms with Gasteiger partial charge < -0.3 is 5.73 Å². The van der Waals surface area contributed by atoms with E-state index in [2.05, 4.69) is 0 Å². The van der Waals surface area contributed by atoms with E-state index in [9.17, 15) is 0 Å². The molecule has 62 valence electrons. The van der Waals surface area contributed by atoms with Gasteiger partial charge in [0.25, 0.3) is 0 Å². The molecule has 1 saturated heterocycles. The maximum absolute atomic E-state index is 5.61. The quantitative estimate of drug-likeness (QED) is 0.482. The van der Waals surface area contributed by atoms with Crippen LogP contribution in [0.25, 0.3) is 0 Å². The average Bonchev–Trinajstić information content (AvgIpc) is 2.00. The molecule has 0 unspecified atom stereocenters. The summed E-state index contributed by atoms with van der Waals surface area (Å²) in [5, 5.41) is 1.82. The Bertz CT molecular complexity index is 57.3. The second-order valence-electron chi connectivity index (χ2n) is 2.37. The Morgan fingerprint density at radius 2 is 1.60 bits per heavy atom. The number of nitrogens with zero attached hydrogens (tertiary/aromatic N) is 1. The monoisotopic (exact) mass is 145 g/mol. The number of nitrogens with two attached hydrogens (primary N) is 2. The highest BCUT2D eigenvalue weighted by molar-refractivity contribution is 4.69. The Balaban J connectivity index is 0.000000371. The largest absolute Gasteiger partial charge is 0.328 e. The van der Waals surface area contributed by atoms with Crippen molar-refractivity contribution in [3.8, 4) is 0 Å². The first-order chi connectivity index (χ1) is 4.79. The fourth-order valence-electron chi connectivity index (χ4n) is 0.919. The minimum absolute atomic E-state index is 0.398. The molecule has 1 aliphatic heterocycles.